The summed E-state index contributed by atoms with van der Waals surface area (Å²) in [7, 11) is 0. The number of benzene rings is 1. The maximum Gasteiger partial charge on any atom is 0.226 e. The molecule has 0 aliphatic carbocycles. The lowest BCUT2D eigenvalue weighted by Crippen LogP contribution is -2.38. The molecule has 2 unspecified atom stereocenters. The quantitative estimate of drug-likeness (QED) is 0.748. The number of amides is 1. The van der Waals surface area contributed by atoms with Crippen LogP contribution in [-0.2, 0) is 11.2 Å². The molecular weight excluding hydrogens is 326 g/mol. The minimum Gasteiger partial charge on any atom is -0.386 e. The Morgan fingerprint density at radius 3 is 2.75 bits per heavy atom. The van der Waals surface area contributed by atoms with Crippen LogP contribution in [0.5, 0.6) is 0 Å². The summed E-state index contributed by atoms with van der Waals surface area (Å²) in [6.45, 7) is 1.76. The number of aliphatic hydroxyl groups is 1. The number of aliphatic hydroxyl groups excluding tert-OH is 1. The molecular formula is C18H18ClN3O2. The minimum atomic E-state index is -0.799. The average Bonchev–Trinajstić information content (AvgIpc) is 2.96. The van der Waals surface area contributed by atoms with Crippen LogP contribution < -0.4 is 5.32 Å². The van der Waals surface area contributed by atoms with E-state index in [2.05, 4.69) is 10.3 Å². The van der Waals surface area contributed by atoms with Gasteiger partial charge in [0.25, 0.3) is 0 Å². The van der Waals surface area contributed by atoms with Gasteiger partial charge in [0, 0.05) is 17.4 Å². The molecule has 2 atom stereocenters. The third-order valence-electron chi connectivity index (χ3n) is 3.83. The zero-order valence-corrected chi connectivity index (χ0v) is 13.9. The fraction of sp³-hybridized carbons (Fsp3) is 0.222. The molecule has 0 saturated carbocycles. The first-order chi connectivity index (χ1) is 11.5. The molecule has 0 aliphatic rings. The van der Waals surface area contributed by atoms with E-state index in [9.17, 15) is 9.90 Å². The summed E-state index contributed by atoms with van der Waals surface area (Å²) < 4.78 is 1.87. The van der Waals surface area contributed by atoms with Crippen LogP contribution in [0.1, 0.15) is 24.3 Å². The van der Waals surface area contributed by atoms with E-state index in [1.54, 1.807) is 31.2 Å². The lowest BCUT2D eigenvalue weighted by Gasteiger charge is -2.20. The summed E-state index contributed by atoms with van der Waals surface area (Å²) in [5, 5.41) is 13.8. The molecule has 0 spiro atoms. The van der Waals surface area contributed by atoms with Gasteiger partial charge in [0.15, 0.2) is 0 Å². The highest BCUT2D eigenvalue weighted by Crippen LogP contribution is 2.19. The van der Waals surface area contributed by atoms with Crippen LogP contribution in [0.25, 0.3) is 5.65 Å². The van der Waals surface area contributed by atoms with Gasteiger partial charge in [0.2, 0.25) is 5.91 Å². The Kier molecular flexibility index (Phi) is 4.83. The van der Waals surface area contributed by atoms with Crippen LogP contribution in [0.2, 0.25) is 5.02 Å². The van der Waals surface area contributed by atoms with Crippen LogP contribution in [0.3, 0.4) is 0 Å². The molecule has 3 rings (SSSR count). The highest BCUT2D eigenvalue weighted by molar-refractivity contribution is 6.30. The van der Waals surface area contributed by atoms with Crippen molar-refractivity contribution in [1.82, 2.24) is 14.7 Å². The number of imidazole rings is 1. The fourth-order valence-electron chi connectivity index (χ4n) is 2.57. The zero-order chi connectivity index (χ0) is 17.1. The van der Waals surface area contributed by atoms with E-state index in [0.29, 0.717) is 16.3 Å². The smallest absolute Gasteiger partial charge is 0.226 e. The molecule has 2 N–H and O–H groups in total. The highest BCUT2D eigenvalue weighted by atomic mass is 35.5. The predicted molar refractivity (Wildman–Crippen MR) is 92.9 cm³/mol. The maximum absolute atomic E-state index is 12.2. The molecule has 6 heteroatoms. The van der Waals surface area contributed by atoms with Crippen LogP contribution in [0.4, 0.5) is 0 Å². The van der Waals surface area contributed by atoms with Crippen molar-refractivity contribution in [2.45, 2.75) is 25.5 Å². The number of pyridine rings is 1. The number of fused-ring (bicyclic) bond motifs is 1. The molecule has 124 valence electrons. The summed E-state index contributed by atoms with van der Waals surface area (Å²) in [6.07, 6.45) is 3.08. The van der Waals surface area contributed by atoms with Crippen LogP contribution in [0, 0.1) is 0 Å². The molecule has 0 radical (unpaired) electrons. The largest absolute Gasteiger partial charge is 0.386 e. The Bertz CT molecular complexity index is 812. The van der Waals surface area contributed by atoms with E-state index >= 15 is 0 Å². The van der Waals surface area contributed by atoms with Gasteiger partial charge < -0.3 is 14.8 Å². The van der Waals surface area contributed by atoms with Gasteiger partial charge in [-0.25, -0.2) is 4.98 Å². The number of aromatic nitrogens is 2. The maximum atomic E-state index is 12.2. The Hall–Kier alpha value is -2.37. The number of carbonyl (C=O) groups is 1. The Morgan fingerprint density at radius 2 is 2.04 bits per heavy atom. The van der Waals surface area contributed by atoms with E-state index < -0.39 is 12.1 Å². The second kappa shape index (κ2) is 7.03. The molecule has 1 aromatic carbocycles. The topological polar surface area (TPSA) is 66.6 Å². The van der Waals surface area contributed by atoms with Crippen molar-refractivity contribution in [2.75, 3.05) is 0 Å². The predicted octanol–water partition coefficient (Wildman–Crippen LogP) is 2.77. The van der Waals surface area contributed by atoms with Crippen molar-refractivity contribution in [3.05, 3.63) is 71.1 Å². The van der Waals surface area contributed by atoms with Crippen molar-refractivity contribution in [2.24, 2.45) is 0 Å². The second-order valence-corrected chi connectivity index (χ2v) is 6.16. The van der Waals surface area contributed by atoms with Gasteiger partial charge >= 0.3 is 0 Å². The lowest BCUT2D eigenvalue weighted by molar-refractivity contribution is -0.121. The average molecular weight is 344 g/mol. The third kappa shape index (κ3) is 3.75. The first-order valence-corrected chi connectivity index (χ1v) is 8.06. The van der Waals surface area contributed by atoms with Crippen molar-refractivity contribution in [3.8, 4) is 0 Å². The number of halogens is 1. The molecule has 1 amide bonds. The van der Waals surface area contributed by atoms with Crippen molar-refractivity contribution >= 4 is 23.2 Å². The normalized spacial score (nSPS) is 13.6. The Morgan fingerprint density at radius 1 is 1.29 bits per heavy atom. The van der Waals surface area contributed by atoms with E-state index in [-0.39, 0.29) is 12.3 Å². The Labute approximate surface area is 144 Å². The number of nitrogens with zero attached hydrogens (tertiary/aromatic N) is 2. The number of carbonyl (C=O) groups excluding carboxylic acids is 1. The van der Waals surface area contributed by atoms with Gasteiger partial charge in [-0.05, 0) is 36.8 Å². The van der Waals surface area contributed by atoms with Crippen LogP contribution >= 0.6 is 11.6 Å². The standard InChI is InChI=1S/C18H18ClN3O2/c1-12(18(24)13-5-7-14(19)8-6-13)20-17(23)10-15-11-22-9-3-2-4-16(22)21-15/h2-9,11-12,18,24H,10H2,1H3,(H,20,23). The molecule has 0 saturated heterocycles. The molecule has 3 aromatic rings. The van der Waals surface area contributed by atoms with Crippen molar-refractivity contribution in [3.63, 3.8) is 0 Å². The fourth-order valence-corrected chi connectivity index (χ4v) is 2.70. The number of nitrogens with one attached hydrogen (secondary N) is 1. The van der Waals surface area contributed by atoms with Gasteiger partial charge in [0.05, 0.1) is 24.3 Å². The van der Waals surface area contributed by atoms with Crippen LogP contribution in [-0.4, -0.2) is 26.4 Å². The van der Waals surface area contributed by atoms with Gasteiger partial charge in [-0.1, -0.05) is 29.8 Å². The zero-order valence-electron chi connectivity index (χ0n) is 13.2. The van der Waals surface area contributed by atoms with E-state index in [0.717, 1.165) is 5.65 Å². The summed E-state index contributed by atoms with van der Waals surface area (Å²) in [5.41, 5.74) is 2.20. The summed E-state index contributed by atoms with van der Waals surface area (Å²) in [5.74, 6) is -0.182. The SMILES string of the molecule is CC(NC(=O)Cc1cn2ccccc2n1)C(O)c1ccc(Cl)cc1. The van der Waals surface area contributed by atoms with Gasteiger partial charge in [-0.3, -0.25) is 4.79 Å². The monoisotopic (exact) mass is 343 g/mol. The third-order valence-corrected chi connectivity index (χ3v) is 4.08. The van der Waals surface area contributed by atoms with Gasteiger partial charge in [0.1, 0.15) is 5.65 Å². The first kappa shape index (κ1) is 16.5. The summed E-state index contributed by atoms with van der Waals surface area (Å²) in [6, 6.07) is 12.2. The molecule has 0 fully saturated rings. The number of rotatable bonds is 5. The summed E-state index contributed by atoms with van der Waals surface area (Å²) >= 11 is 5.84. The first-order valence-electron chi connectivity index (χ1n) is 7.68. The van der Waals surface area contributed by atoms with Crippen molar-refractivity contribution in [1.29, 1.82) is 0 Å². The molecule has 0 aliphatic heterocycles. The highest BCUT2D eigenvalue weighted by Gasteiger charge is 2.19. The van der Waals surface area contributed by atoms with E-state index in [1.807, 2.05) is 35.0 Å². The lowest BCUT2D eigenvalue weighted by atomic mass is 10.0. The second-order valence-electron chi connectivity index (χ2n) is 5.73. The van der Waals surface area contributed by atoms with E-state index in [4.69, 9.17) is 11.6 Å². The molecule has 0 bridgehead atoms. The van der Waals surface area contributed by atoms with Gasteiger partial charge in [-0.2, -0.15) is 0 Å². The molecule has 2 heterocycles. The van der Waals surface area contributed by atoms with Crippen molar-refractivity contribution < 1.29 is 9.90 Å². The molecule has 5 nitrogen and oxygen atoms in total. The number of hydrogen-bond acceptors (Lipinski definition) is 3. The Balaban J connectivity index is 1.62. The molecule has 2 aromatic heterocycles. The minimum absolute atomic E-state index is 0.166. The number of hydrogen-bond donors (Lipinski definition) is 2. The van der Waals surface area contributed by atoms with E-state index in [1.165, 1.54) is 0 Å². The summed E-state index contributed by atoms with van der Waals surface area (Å²) in [4.78, 5) is 16.6. The van der Waals surface area contributed by atoms with Crippen LogP contribution in [0.15, 0.2) is 54.9 Å². The molecule has 24 heavy (non-hydrogen) atoms. The van der Waals surface area contributed by atoms with Gasteiger partial charge in [-0.15, -0.1) is 0 Å².